The summed E-state index contributed by atoms with van der Waals surface area (Å²) in [5, 5.41) is 0.533. The van der Waals surface area contributed by atoms with Crippen molar-refractivity contribution >= 4 is 28.1 Å². The quantitative estimate of drug-likeness (QED) is 0.275. The van der Waals surface area contributed by atoms with E-state index in [9.17, 15) is 13.6 Å². The van der Waals surface area contributed by atoms with Gasteiger partial charge in [-0.1, -0.05) is 24.3 Å². The zero-order valence-corrected chi connectivity index (χ0v) is 15.1. The smallest absolute Gasteiger partial charge is 0.197 e. The molecule has 144 valence electrons. The fourth-order valence-corrected chi connectivity index (χ4v) is 3.21. The van der Waals surface area contributed by atoms with E-state index in [1.54, 1.807) is 24.4 Å². The number of nitrogen functional groups attached to an aromatic ring is 1. The minimum atomic E-state index is -1.13. The van der Waals surface area contributed by atoms with Crippen molar-refractivity contribution in [3.8, 4) is 11.1 Å². The molecular weight excluding hydrogens is 374 g/mol. The minimum absolute atomic E-state index is 0.141. The Morgan fingerprint density at radius 3 is 2.59 bits per heavy atom. The predicted molar refractivity (Wildman–Crippen MR) is 109 cm³/mol. The van der Waals surface area contributed by atoms with Crippen molar-refractivity contribution in [3.05, 3.63) is 89.9 Å². The van der Waals surface area contributed by atoms with E-state index in [1.165, 1.54) is 18.3 Å². The second-order valence-corrected chi connectivity index (χ2v) is 6.46. The lowest BCUT2D eigenvalue weighted by Crippen LogP contribution is -2.07. The molecule has 2 aromatic carbocycles. The molecule has 0 unspecified atom stereocenters. The van der Waals surface area contributed by atoms with Crippen LogP contribution < -0.4 is 11.5 Å². The number of pyridine rings is 1. The van der Waals surface area contributed by atoms with Crippen LogP contribution in [-0.2, 0) is 0 Å². The lowest BCUT2D eigenvalue weighted by Gasteiger charge is -2.08. The van der Waals surface area contributed by atoms with Crippen molar-refractivity contribution in [3.63, 3.8) is 0 Å². The summed E-state index contributed by atoms with van der Waals surface area (Å²) in [6.45, 7) is 0. The lowest BCUT2D eigenvalue weighted by atomic mass is 9.96. The second kappa shape index (κ2) is 7.20. The number of nitrogens with two attached hydrogens (primary N) is 2. The van der Waals surface area contributed by atoms with Gasteiger partial charge in [-0.15, -0.1) is 0 Å². The number of ketones is 1. The number of carbonyl (C=O) groups is 1. The van der Waals surface area contributed by atoms with Gasteiger partial charge in [0.05, 0.1) is 0 Å². The van der Waals surface area contributed by atoms with E-state index in [1.807, 2.05) is 12.1 Å². The molecule has 0 fully saturated rings. The van der Waals surface area contributed by atoms with Crippen LogP contribution in [-0.4, -0.2) is 15.8 Å². The van der Waals surface area contributed by atoms with Crippen molar-refractivity contribution < 1.29 is 13.6 Å². The molecule has 29 heavy (non-hydrogen) atoms. The van der Waals surface area contributed by atoms with Gasteiger partial charge < -0.3 is 16.5 Å². The van der Waals surface area contributed by atoms with Gasteiger partial charge in [-0.3, -0.25) is 4.79 Å². The molecule has 2 aromatic heterocycles. The molecule has 2 heterocycles. The van der Waals surface area contributed by atoms with Gasteiger partial charge >= 0.3 is 0 Å². The SMILES string of the molecule is NC=C(C(=O)c1c[nH]c2ncc(-c3cccc(N)c3)cc12)c1cccc(F)c1F. The van der Waals surface area contributed by atoms with Crippen LogP contribution in [0.5, 0.6) is 0 Å². The summed E-state index contributed by atoms with van der Waals surface area (Å²) in [5.41, 5.74) is 14.0. The average molecular weight is 390 g/mol. The Morgan fingerprint density at radius 1 is 1.03 bits per heavy atom. The molecule has 4 rings (SSSR count). The third-order valence-corrected chi connectivity index (χ3v) is 4.65. The van der Waals surface area contributed by atoms with Gasteiger partial charge in [-0.2, -0.15) is 0 Å². The Balaban J connectivity index is 1.82. The van der Waals surface area contributed by atoms with E-state index in [-0.39, 0.29) is 16.7 Å². The molecule has 5 nitrogen and oxygen atoms in total. The predicted octanol–water partition coefficient (Wildman–Crippen LogP) is 4.27. The summed E-state index contributed by atoms with van der Waals surface area (Å²) >= 11 is 0. The van der Waals surface area contributed by atoms with Gasteiger partial charge in [-0.05, 0) is 29.8 Å². The maximum atomic E-state index is 14.2. The molecule has 0 aliphatic heterocycles. The van der Waals surface area contributed by atoms with E-state index in [2.05, 4.69) is 9.97 Å². The number of fused-ring (bicyclic) bond motifs is 1. The number of hydrogen-bond acceptors (Lipinski definition) is 4. The zero-order chi connectivity index (χ0) is 20.5. The Hall–Kier alpha value is -4.00. The molecule has 4 aromatic rings. The molecule has 0 aliphatic rings. The number of benzene rings is 2. The summed E-state index contributed by atoms with van der Waals surface area (Å²) in [5.74, 6) is -2.73. The zero-order valence-electron chi connectivity index (χ0n) is 15.1. The molecule has 0 spiro atoms. The van der Waals surface area contributed by atoms with E-state index in [0.29, 0.717) is 16.7 Å². The number of allylic oxidation sites excluding steroid dienone is 1. The highest BCUT2D eigenvalue weighted by Gasteiger charge is 2.22. The van der Waals surface area contributed by atoms with Gasteiger partial charge in [0.25, 0.3) is 0 Å². The Bertz CT molecular complexity index is 1280. The highest BCUT2D eigenvalue weighted by atomic mass is 19.2. The number of halogens is 2. The van der Waals surface area contributed by atoms with Crippen molar-refractivity contribution in [2.75, 3.05) is 5.73 Å². The third kappa shape index (κ3) is 3.23. The van der Waals surface area contributed by atoms with Crippen molar-refractivity contribution in [1.82, 2.24) is 9.97 Å². The molecule has 0 aliphatic carbocycles. The maximum absolute atomic E-state index is 14.2. The van der Waals surface area contributed by atoms with Gasteiger partial charge in [0, 0.05) is 51.9 Å². The fourth-order valence-electron chi connectivity index (χ4n) is 3.21. The fraction of sp³-hybridized carbons (Fsp3) is 0. The lowest BCUT2D eigenvalue weighted by molar-refractivity contribution is 0.105. The number of rotatable bonds is 4. The number of hydrogen-bond donors (Lipinski definition) is 3. The number of Topliss-reactive ketones (excluding diaryl/α,β-unsaturated/α-hetero) is 1. The number of aromatic nitrogens is 2. The van der Waals surface area contributed by atoms with Gasteiger partial charge in [0.1, 0.15) is 5.65 Å². The molecular formula is C22H16F2N4O. The first-order valence-electron chi connectivity index (χ1n) is 8.73. The van der Waals surface area contributed by atoms with E-state index in [4.69, 9.17) is 11.5 Å². The summed E-state index contributed by atoms with van der Waals surface area (Å²) in [6.07, 6.45) is 4.12. The monoisotopic (exact) mass is 390 g/mol. The normalized spacial score (nSPS) is 11.7. The Kier molecular flexibility index (Phi) is 4.56. The molecule has 0 radical (unpaired) electrons. The highest BCUT2D eigenvalue weighted by Crippen LogP contribution is 2.29. The van der Waals surface area contributed by atoms with Crippen LogP contribution >= 0.6 is 0 Å². The number of carbonyl (C=O) groups excluding carboxylic acids is 1. The van der Waals surface area contributed by atoms with Gasteiger partial charge in [0.2, 0.25) is 0 Å². The molecule has 0 bridgehead atoms. The number of aromatic amines is 1. The van der Waals surface area contributed by atoms with Crippen LogP contribution in [0.4, 0.5) is 14.5 Å². The molecule has 7 heteroatoms. The van der Waals surface area contributed by atoms with Crippen molar-refractivity contribution in [2.24, 2.45) is 5.73 Å². The van der Waals surface area contributed by atoms with Gasteiger partial charge in [0.15, 0.2) is 17.4 Å². The van der Waals surface area contributed by atoms with Crippen LogP contribution in [0.1, 0.15) is 15.9 Å². The number of anilines is 1. The van der Waals surface area contributed by atoms with Crippen LogP contribution in [0.2, 0.25) is 0 Å². The first-order chi connectivity index (χ1) is 14.0. The first kappa shape index (κ1) is 18.4. The highest BCUT2D eigenvalue weighted by molar-refractivity contribution is 6.32. The second-order valence-electron chi connectivity index (χ2n) is 6.46. The topological polar surface area (TPSA) is 97.8 Å². The first-order valence-corrected chi connectivity index (χ1v) is 8.73. The average Bonchev–Trinajstić information content (AvgIpc) is 3.14. The van der Waals surface area contributed by atoms with Crippen LogP contribution in [0, 0.1) is 11.6 Å². The summed E-state index contributed by atoms with van der Waals surface area (Å²) in [4.78, 5) is 20.4. The maximum Gasteiger partial charge on any atom is 0.197 e. The number of H-pyrrole nitrogens is 1. The van der Waals surface area contributed by atoms with E-state index < -0.39 is 17.4 Å². The largest absolute Gasteiger partial charge is 0.404 e. The number of nitrogens with one attached hydrogen (secondary N) is 1. The minimum Gasteiger partial charge on any atom is -0.404 e. The van der Waals surface area contributed by atoms with Crippen LogP contribution in [0.15, 0.2) is 67.1 Å². The third-order valence-electron chi connectivity index (χ3n) is 4.65. The molecule has 0 saturated carbocycles. The molecule has 5 N–H and O–H groups in total. The van der Waals surface area contributed by atoms with Crippen molar-refractivity contribution in [1.29, 1.82) is 0 Å². The van der Waals surface area contributed by atoms with Crippen LogP contribution in [0.3, 0.4) is 0 Å². The van der Waals surface area contributed by atoms with Gasteiger partial charge in [-0.25, -0.2) is 13.8 Å². The van der Waals surface area contributed by atoms with Crippen LogP contribution in [0.25, 0.3) is 27.7 Å². The summed E-state index contributed by atoms with van der Waals surface area (Å²) in [6, 6.07) is 12.7. The summed E-state index contributed by atoms with van der Waals surface area (Å²) < 4.78 is 27.8. The number of nitrogens with zero attached hydrogens (tertiary/aromatic N) is 1. The molecule has 0 atom stereocenters. The van der Waals surface area contributed by atoms with Crippen molar-refractivity contribution in [2.45, 2.75) is 0 Å². The van der Waals surface area contributed by atoms with E-state index in [0.717, 1.165) is 23.4 Å². The standard InChI is InChI=1S/C22H16F2N4O/c23-19-6-2-5-15(20(19)24)17(9-25)21(29)18-11-28-22-16(18)8-13(10-27-22)12-3-1-4-14(26)7-12/h1-11H,25-26H2,(H,27,28). The molecule has 0 amide bonds. The Labute approximate surface area is 164 Å². The summed E-state index contributed by atoms with van der Waals surface area (Å²) in [7, 11) is 0. The Morgan fingerprint density at radius 2 is 1.83 bits per heavy atom. The van der Waals surface area contributed by atoms with E-state index >= 15 is 0 Å². The molecule has 0 saturated heterocycles.